The van der Waals surface area contributed by atoms with Gasteiger partial charge >= 0.3 is 6.18 Å². The second-order valence-electron chi connectivity index (χ2n) is 6.29. The van der Waals surface area contributed by atoms with Crippen LogP contribution in [-0.4, -0.2) is 18.6 Å². The van der Waals surface area contributed by atoms with Gasteiger partial charge < -0.3 is 15.5 Å². The number of hydrogen-bond donors (Lipinski definition) is 2. The Kier molecular flexibility index (Phi) is 5.81. The Morgan fingerprint density at radius 3 is 2.59 bits per heavy atom. The van der Waals surface area contributed by atoms with Crippen LogP contribution in [0.25, 0.3) is 22.2 Å². The lowest BCUT2D eigenvalue weighted by atomic mass is 9.99. The first-order valence-electron chi connectivity index (χ1n) is 8.61. The third-order valence-electron chi connectivity index (χ3n) is 4.56. The molecule has 0 radical (unpaired) electrons. The summed E-state index contributed by atoms with van der Waals surface area (Å²) in [5.41, 5.74) is 7.25. The van der Waals surface area contributed by atoms with Crippen molar-refractivity contribution in [1.29, 1.82) is 0 Å². The molecule has 0 bridgehead atoms. The Hall–Kier alpha value is -1.99. The molecule has 3 aromatic rings. The average Bonchev–Trinajstić information content (AvgIpc) is 2.99. The van der Waals surface area contributed by atoms with Crippen LogP contribution in [0.3, 0.4) is 0 Å². The van der Waals surface area contributed by atoms with Gasteiger partial charge in [0.2, 0.25) is 0 Å². The standard InChI is InChI=1S/C20H20BrF3N2O/c1-27-17-9-8-12(21)11-15(17)18-13(5-2-3-10-25)14-6-4-7-16(19(14)26-18)20(22,23)24/h4,6-9,11,26H,2-3,5,10,25H2,1H3. The number of rotatable bonds is 6. The molecule has 0 saturated heterocycles. The molecule has 7 heteroatoms. The third kappa shape index (κ3) is 3.99. The fourth-order valence-corrected chi connectivity index (χ4v) is 3.68. The Balaban J connectivity index is 2.28. The number of aromatic amines is 1. The van der Waals surface area contributed by atoms with Gasteiger partial charge in [-0.2, -0.15) is 13.2 Å². The predicted molar refractivity (Wildman–Crippen MR) is 105 cm³/mol. The van der Waals surface area contributed by atoms with E-state index in [9.17, 15) is 13.2 Å². The first-order chi connectivity index (χ1) is 12.9. The number of fused-ring (bicyclic) bond motifs is 1. The van der Waals surface area contributed by atoms with E-state index < -0.39 is 11.7 Å². The molecule has 0 saturated carbocycles. The van der Waals surface area contributed by atoms with E-state index in [1.165, 1.54) is 6.07 Å². The van der Waals surface area contributed by atoms with Crippen LogP contribution >= 0.6 is 15.9 Å². The molecule has 0 fully saturated rings. The van der Waals surface area contributed by atoms with Crippen molar-refractivity contribution in [2.24, 2.45) is 5.73 Å². The summed E-state index contributed by atoms with van der Waals surface area (Å²) in [7, 11) is 1.55. The average molecular weight is 441 g/mol. The number of aromatic nitrogens is 1. The lowest BCUT2D eigenvalue weighted by Gasteiger charge is -2.10. The van der Waals surface area contributed by atoms with Crippen molar-refractivity contribution in [3.63, 3.8) is 0 Å². The van der Waals surface area contributed by atoms with Gasteiger partial charge in [-0.1, -0.05) is 28.1 Å². The van der Waals surface area contributed by atoms with E-state index in [-0.39, 0.29) is 5.52 Å². The Bertz CT molecular complexity index is 950. The molecule has 0 unspecified atom stereocenters. The van der Waals surface area contributed by atoms with Crippen LogP contribution in [0.4, 0.5) is 13.2 Å². The van der Waals surface area contributed by atoms with Gasteiger partial charge in [-0.15, -0.1) is 0 Å². The van der Waals surface area contributed by atoms with Gasteiger partial charge in [-0.25, -0.2) is 0 Å². The Labute approximate surface area is 163 Å². The quantitative estimate of drug-likeness (QED) is 0.468. The molecule has 3 rings (SSSR count). The van der Waals surface area contributed by atoms with Crippen LogP contribution in [0, 0.1) is 0 Å². The van der Waals surface area contributed by atoms with Gasteiger partial charge in [0.15, 0.2) is 0 Å². The molecule has 27 heavy (non-hydrogen) atoms. The minimum absolute atomic E-state index is 0.102. The maximum Gasteiger partial charge on any atom is 0.418 e. The highest BCUT2D eigenvalue weighted by molar-refractivity contribution is 9.10. The number of H-pyrrole nitrogens is 1. The number of nitrogens with two attached hydrogens (primary N) is 1. The van der Waals surface area contributed by atoms with Crippen molar-refractivity contribution < 1.29 is 17.9 Å². The molecule has 0 amide bonds. The van der Waals surface area contributed by atoms with E-state index in [0.29, 0.717) is 29.8 Å². The zero-order valence-corrected chi connectivity index (χ0v) is 16.4. The van der Waals surface area contributed by atoms with Crippen molar-refractivity contribution in [1.82, 2.24) is 4.98 Å². The van der Waals surface area contributed by atoms with Crippen molar-refractivity contribution in [3.8, 4) is 17.0 Å². The first kappa shape index (κ1) is 19.8. The van der Waals surface area contributed by atoms with Gasteiger partial charge in [0, 0.05) is 15.4 Å². The van der Waals surface area contributed by atoms with Crippen LogP contribution in [0.1, 0.15) is 24.0 Å². The highest BCUT2D eigenvalue weighted by atomic mass is 79.9. The number of halogens is 4. The minimum Gasteiger partial charge on any atom is -0.496 e. The van der Waals surface area contributed by atoms with Gasteiger partial charge in [0.25, 0.3) is 0 Å². The zero-order valence-electron chi connectivity index (χ0n) is 14.8. The fraction of sp³-hybridized carbons (Fsp3) is 0.300. The fourth-order valence-electron chi connectivity index (χ4n) is 3.32. The van der Waals surface area contributed by atoms with Crippen LogP contribution < -0.4 is 10.5 Å². The third-order valence-corrected chi connectivity index (χ3v) is 5.05. The molecule has 0 aliphatic rings. The molecular weight excluding hydrogens is 421 g/mol. The van der Waals surface area contributed by atoms with E-state index in [0.717, 1.165) is 34.5 Å². The minimum atomic E-state index is -4.43. The van der Waals surface area contributed by atoms with E-state index in [1.807, 2.05) is 12.1 Å². The Morgan fingerprint density at radius 2 is 1.93 bits per heavy atom. The molecule has 3 nitrogen and oxygen atoms in total. The van der Waals surface area contributed by atoms with Gasteiger partial charge in [0.05, 0.1) is 23.9 Å². The summed E-state index contributed by atoms with van der Waals surface area (Å²) in [5, 5.41) is 0.582. The topological polar surface area (TPSA) is 51.0 Å². The molecule has 144 valence electrons. The lowest BCUT2D eigenvalue weighted by molar-refractivity contribution is -0.136. The van der Waals surface area contributed by atoms with Gasteiger partial charge in [0.1, 0.15) is 5.75 Å². The zero-order chi connectivity index (χ0) is 19.6. The van der Waals surface area contributed by atoms with E-state index in [4.69, 9.17) is 10.5 Å². The van der Waals surface area contributed by atoms with Crippen molar-refractivity contribution in [3.05, 3.63) is 52.0 Å². The highest BCUT2D eigenvalue weighted by Gasteiger charge is 2.34. The molecule has 0 spiro atoms. The predicted octanol–water partition coefficient (Wildman–Crippen LogP) is 5.91. The number of unbranched alkanes of at least 4 members (excludes halogenated alkanes) is 1. The summed E-state index contributed by atoms with van der Waals surface area (Å²) in [6.07, 6.45) is -2.20. The summed E-state index contributed by atoms with van der Waals surface area (Å²) >= 11 is 3.44. The maximum absolute atomic E-state index is 13.5. The molecule has 3 N–H and O–H groups in total. The summed E-state index contributed by atoms with van der Waals surface area (Å²) in [4.78, 5) is 3.03. The molecule has 1 aromatic heterocycles. The number of methoxy groups -OCH3 is 1. The summed E-state index contributed by atoms with van der Waals surface area (Å²) in [6.45, 7) is 0.547. The first-order valence-corrected chi connectivity index (χ1v) is 9.41. The van der Waals surface area contributed by atoms with Crippen LogP contribution in [0.15, 0.2) is 40.9 Å². The monoisotopic (exact) mass is 440 g/mol. The van der Waals surface area contributed by atoms with Gasteiger partial charge in [-0.05, 0) is 55.6 Å². The largest absolute Gasteiger partial charge is 0.496 e. The molecule has 2 aromatic carbocycles. The molecule has 0 atom stereocenters. The number of alkyl halides is 3. The molecular formula is C20H20BrF3N2O. The number of benzene rings is 2. The van der Waals surface area contributed by atoms with Crippen molar-refractivity contribution >= 4 is 26.8 Å². The SMILES string of the molecule is COc1ccc(Br)cc1-c1[nH]c2c(C(F)(F)F)cccc2c1CCCCN. The second kappa shape index (κ2) is 7.94. The molecule has 0 aliphatic heterocycles. The number of hydrogen-bond acceptors (Lipinski definition) is 2. The number of ether oxygens (including phenoxy) is 1. The number of aryl methyl sites for hydroxylation is 1. The second-order valence-corrected chi connectivity index (χ2v) is 7.21. The van der Waals surface area contributed by atoms with Crippen LogP contribution in [-0.2, 0) is 12.6 Å². The van der Waals surface area contributed by atoms with E-state index in [1.54, 1.807) is 19.2 Å². The van der Waals surface area contributed by atoms with Crippen LogP contribution in [0.5, 0.6) is 5.75 Å². The van der Waals surface area contributed by atoms with Gasteiger partial charge in [-0.3, -0.25) is 0 Å². The normalized spacial score (nSPS) is 11.9. The molecule has 1 heterocycles. The highest BCUT2D eigenvalue weighted by Crippen LogP contribution is 2.41. The van der Waals surface area contributed by atoms with Crippen LogP contribution in [0.2, 0.25) is 0 Å². The number of nitrogens with one attached hydrogen (secondary N) is 1. The summed E-state index contributed by atoms with van der Waals surface area (Å²) in [5.74, 6) is 0.596. The van der Waals surface area contributed by atoms with E-state index in [2.05, 4.69) is 20.9 Å². The summed E-state index contributed by atoms with van der Waals surface area (Å²) < 4.78 is 46.8. The molecule has 0 aliphatic carbocycles. The van der Waals surface area contributed by atoms with Crippen molar-refractivity contribution in [2.45, 2.75) is 25.4 Å². The van der Waals surface area contributed by atoms with E-state index >= 15 is 0 Å². The Morgan fingerprint density at radius 1 is 1.15 bits per heavy atom. The van der Waals surface area contributed by atoms with Crippen molar-refractivity contribution in [2.75, 3.05) is 13.7 Å². The lowest BCUT2D eigenvalue weighted by Crippen LogP contribution is -2.05. The number of para-hydroxylation sites is 1. The maximum atomic E-state index is 13.5. The smallest absolute Gasteiger partial charge is 0.418 e. The summed E-state index contributed by atoms with van der Waals surface area (Å²) in [6, 6.07) is 9.76.